The van der Waals surface area contributed by atoms with Gasteiger partial charge in [-0.3, -0.25) is 4.79 Å². The highest BCUT2D eigenvalue weighted by atomic mass is 35.5. The second-order valence-electron chi connectivity index (χ2n) is 6.17. The number of halogens is 2. The molecule has 4 rings (SSSR count). The van der Waals surface area contributed by atoms with Crippen LogP contribution in [0.3, 0.4) is 0 Å². The number of aromatic nitrogens is 1. The van der Waals surface area contributed by atoms with Crippen LogP contribution in [-0.4, -0.2) is 35.4 Å². The van der Waals surface area contributed by atoms with Crippen molar-refractivity contribution in [2.45, 2.75) is 18.8 Å². The Labute approximate surface area is 142 Å². The lowest BCUT2D eigenvalue weighted by atomic mass is 9.81. The van der Waals surface area contributed by atoms with Crippen LogP contribution >= 0.6 is 22.9 Å². The predicted octanol–water partition coefficient (Wildman–Crippen LogP) is 3.58. The fourth-order valence-corrected chi connectivity index (χ4v) is 4.50. The van der Waals surface area contributed by atoms with Crippen molar-refractivity contribution < 1.29 is 9.18 Å². The summed E-state index contributed by atoms with van der Waals surface area (Å²) in [7, 11) is 0. The van der Waals surface area contributed by atoms with Gasteiger partial charge in [0.1, 0.15) is 0 Å². The fraction of sp³-hybridized carbons (Fsp3) is 0.375. The van der Waals surface area contributed by atoms with E-state index in [0.29, 0.717) is 23.2 Å². The van der Waals surface area contributed by atoms with Crippen LogP contribution in [0.1, 0.15) is 18.9 Å². The topological polar surface area (TPSA) is 36.4 Å². The van der Waals surface area contributed by atoms with Crippen LogP contribution in [0.25, 0.3) is 0 Å². The molecular weight excluding hydrogens is 337 g/mol. The first-order valence-corrected chi connectivity index (χ1v) is 8.62. The van der Waals surface area contributed by atoms with Gasteiger partial charge in [-0.05, 0) is 30.2 Å². The van der Waals surface area contributed by atoms with Crippen LogP contribution < -0.4 is 4.90 Å². The predicted molar refractivity (Wildman–Crippen MR) is 89.1 cm³/mol. The van der Waals surface area contributed by atoms with Crippen LogP contribution in [-0.2, 0) is 10.2 Å². The molecule has 0 aliphatic carbocycles. The molecule has 0 saturated carbocycles. The van der Waals surface area contributed by atoms with E-state index >= 15 is 0 Å². The van der Waals surface area contributed by atoms with Crippen molar-refractivity contribution >= 4 is 39.7 Å². The molecule has 3 heterocycles. The summed E-state index contributed by atoms with van der Waals surface area (Å²) in [6, 6.07) is 5.78. The number of hydrogen-bond acceptors (Lipinski definition) is 4. The molecule has 2 aromatic rings. The second-order valence-corrected chi connectivity index (χ2v) is 7.56. The molecule has 1 aromatic heterocycles. The molecule has 2 aliphatic rings. The van der Waals surface area contributed by atoms with Crippen LogP contribution in [0.5, 0.6) is 0 Å². The maximum atomic E-state index is 13.4. The average Bonchev–Trinajstić information content (AvgIpc) is 3.19. The standard InChI is InChI=1S/C16H15ClFN3OS/c1-10(22)20-5-4-16(8-20)9-21(15-19-7-14(18)23-15)13-3-2-11(17)6-12(13)16/h2-3,6-7H,4-5,8-9H2,1H3. The molecule has 1 fully saturated rings. The summed E-state index contributed by atoms with van der Waals surface area (Å²) < 4.78 is 13.4. The van der Waals surface area contributed by atoms with Crippen LogP contribution in [0.2, 0.25) is 5.02 Å². The number of fused-ring (bicyclic) bond motifs is 2. The van der Waals surface area contributed by atoms with Crippen molar-refractivity contribution in [3.8, 4) is 0 Å². The zero-order valence-electron chi connectivity index (χ0n) is 12.6. The number of hydrogen-bond donors (Lipinski definition) is 0. The van der Waals surface area contributed by atoms with E-state index in [1.165, 1.54) is 6.20 Å². The third-order valence-electron chi connectivity index (χ3n) is 4.78. The van der Waals surface area contributed by atoms with Crippen LogP contribution in [0, 0.1) is 5.13 Å². The quantitative estimate of drug-likeness (QED) is 0.788. The first-order chi connectivity index (χ1) is 11.0. The zero-order valence-corrected chi connectivity index (χ0v) is 14.1. The number of anilines is 2. The monoisotopic (exact) mass is 351 g/mol. The molecule has 1 saturated heterocycles. The molecule has 1 unspecified atom stereocenters. The minimum Gasteiger partial charge on any atom is -0.342 e. The Kier molecular flexibility index (Phi) is 3.35. The van der Waals surface area contributed by atoms with Gasteiger partial charge in [-0.15, -0.1) is 0 Å². The van der Waals surface area contributed by atoms with Crippen LogP contribution in [0.4, 0.5) is 15.2 Å². The Morgan fingerprint density at radius 3 is 2.91 bits per heavy atom. The number of rotatable bonds is 1. The van der Waals surface area contributed by atoms with Gasteiger partial charge in [-0.25, -0.2) is 4.98 Å². The van der Waals surface area contributed by atoms with Crippen molar-refractivity contribution in [3.05, 3.63) is 40.1 Å². The highest BCUT2D eigenvalue weighted by Crippen LogP contribution is 2.50. The Balaban J connectivity index is 1.79. The smallest absolute Gasteiger partial charge is 0.219 e. The van der Waals surface area contributed by atoms with Crippen molar-refractivity contribution in [2.24, 2.45) is 0 Å². The first kappa shape index (κ1) is 14.9. The van der Waals surface area contributed by atoms with Gasteiger partial charge in [-0.2, -0.15) is 4.39 Å². The van der Waals surface area contributed by atoms with E-state index in [1.54, 1.807) is 6.92 Å². The Morgan fingerprint density at radius 1 is 1.43 bits per heavy atom. The molecule has 1 aromatic carbocycles. The third kappa shape index (κ3) is 2.32. The summed E-state index contributed by atoms with van der Waals surface area (Å²) in [4.78, 5) is 19.8. The van der Waals surface area contributed by atoms with Crippen molar-refractivity contribution in [2.75, 3.05) is 24.5 Å². The zero-order chi connectivity index (χ0) is 16.2. The van der Waals surface area contributed by atoms with E-state index in [0.717, 1.165) is 35.6 Å². The van der Waals surface area contributed by atoms with E-state index in [-0.39, 0.29) is 16.5 Å². The molecule has 23 heavy (non-hydrogen) atoms. The van der Waals surface area contributed by atoms with E-state index < -0.39 is 0 Å². The van der Waals surface area contributed by atoms with Crippen molar-refractivity contribution in [3.63, 3.8) is 0 Å². The molecule has 0 bridgehead atoms. The minimum atomic E-state index is -0.298. The maximum Gasteiger partial charge on any atom is 0.219 e. The van der Waals surface area contributed by atoms with E-state index in [2.05, 4.69) is 4.98 Å². The molecule has 120 valence electrons. The molecule has 0 N–H and O–H groups in total. The molecular formula is C16H15ClFN3OS. The summed E-state index contributed by atoms with van der Waals surface area (Å²) in [5, 5.41) is 1.02. The summed E-state index contributed by atoms with van der Waals surface area (Å²) in [5.74, 6) is 0.0872. The summed E-state index contributed by atoms with van der Waals surface area (Å²) in [6.07, 6.45) is 2.13. The number of amides is 1. The SMILES string of the molecule is CC(=O)N1CCC2(C1)CN(c1ncc(F)s1)c1ccc(Cl)cc12. The number of likely N-dealkylation sites (tertiary alicyclic amines) is 1. The summed E-state index contributed by atoms with van der Waals surface area (Å²) in [5.41, 5.74) is 1.98. The van der Waals surface area contributed by atoms with Gasteiger partial charge >= 0.3 is 0 Å². The molecule has 7 heteroatoms. The van der Waals surface area contributed by atoms with Gasteiger partial charge in [0.05, 0.1) is 6.20 Å². The molecule has 1 amide bonds. The summed E-state index contributed by atoms with van der Waals surface area (Å²) in [6.45, 7) is 3.70. The van der Waals surface area contributed by atoms with E-state index in [4.69, 9.17) is 11.6 Å². The highest BCUT2D eigenvalue weighted by molar-refractivity contribution is 7.14. The Morgan fingerprint density at radius 2 is 2.26 bits per heavy atom. The second kappa shape index (κ2) is 5.18. The third-order valence-corrected chi connectivity index (χ3v) is 5.82. The van der Waals surface area contributed by atoms with Gasteiger partial charge < -0.3 is 9.80 Å². The largest absolute Gasteiger partial charge is 0.342 e. The number of benzene rings is 1. The lowest BCUT2D eigenvalue weighted by Crippen LogP contribution is -2.36. The van der Waals surface area contributed by atoms with E-state index in [1.807, 2.05) is 28.0 Å². The fourth-order valence-electron chi connectivity index (χ4n) is 3.67. The summed E-state index contributed by atoms with van der Waals surface area (Å²) >= 11 is 7.25. The number of carbonyl (C=O) groups is 1. The molecule has 0 radical (unpaired) electrons. The molecule has 1 spiro atoms. The van der Waals surface area contributed by atoms with Crippen molar-refractivity contribution in [1.29, 1.82) is 0 Å². The molecule has 4 nitrogen and oxygen atoms in total. The van der Waals surface area contributed by atoms with Gasteiger partial charge in [0, 0.05) is 42.7 Å². The number of nitrogens with zero attached hydrogens (tertiary/aromatic N) is 3. The lowest BCUT2D eigenvalue weighted by Gasteiger charge is -2.25. The average molecular weight is 352 g/mol. The van der Waals surface area contributed by atoms with Crippen LogP contribution in [0.15, 0.2) is 24.4 Å². The Bertz CT molecular complexity index is 795. The van der Waals surface area contributed by atoms with Gasteiger partial charge in [0.2, 0.25) is 5.91 Å². The molecule has 2 aliphatic heterocycles. The normalized spacial score (nSPS) is 22.9. The number of thiazole rings is 1. The maximum absolute atomic E-state index is 13.4. The minimum absolute atomic E-state index is 0.0872. The first-order valence-electron chi connectivity index (χ1n) is 7.43. The number of carbonyl (C=O) groups excluding carboxylic acids is 1. The highest BCUT2D eigenvalue weighted by Gasteiger charge is 2.48. The van der Waals surface area contributed by atoms with E-state index in [9.17, 15) is 9.18 Å². The van der Waals surface area contributed by atoms with Gasteiger partial charge in [0.25, 0.3) is 0 Å². The van der Waals surface area contributed by atoms with Gasteiger partial charge in [0.15, 0.2) is 10.3 Å². The Hall–Kier alpha value is -1.66. The molecule has 1 atom stereocenters. The van der Waals surface area contributed by atoms with Crippen molar-refractivity contribution in [1.82, 2.24) is 9.88 Å². The lowest BCUT2D eigenvalue weighted by molar-refractivity contribution is -0.127. The van der Waals surface area contributed by atoms with Gasteiger partial charge in [-0.1, -0.05) is 22.9 Å².